The molecule has 25 heavy (non-hydrogen) atoms. The second kappa shape index (κ2) is 8.71. The zero-order valence-corrected chi connectivity index (χ0v) is 14.7. The number of urea groups is 1. The van der Waals surface area contributed by atoms with E-state index in [9.17, 15) is 4.79 Å². The first-order chi connectivity index (χ1) is 12.2. The Morgan fingerprint density at radius 2 is 2.20 bits per heavy atom. The summed E-state index contributed by atoms with van der Waals surface area (Å²) in [6.07, 6.45) is 10.7. The summed E-state index contributed by atoms with van der Waals surface area (Å²) in [6.45, 7) is 5.31. The van der Waals surface area contributed by atoms with E-state index < -0.39 is 0 Å². The number of carbonyl (C=O) groups is 1. The van der Waals surface area contributed by atoms with Gasteiger partial charge in [-0.05, 0) is 45.0 Å². The molecule has 0 saturated carbocycles. The standard InChI is InChI=1S/C18H27N5O2/c1-15(13-22-10-7-19-14-22)21-18(24)20-12-16(17-6-5-11-25-17)23-8-3-2-4-9-23/h5-7,10-11,14-16H,2-4,8-9,12-13H2,1H3,(H2,20,21,24). The topological polar surface area (TPSA) is 75.3 Å². The number of nitrogens with zero attached hydrogens (tertiary/aromatic N) is 3. The lowest BCUT2D eigenvalue weighted by molar-refractivity contribution is 0.143. The van der Waals surface area contributed by atoms with Crippen molar-refractivity contribution >= 4 is 6.03 Å². The fourth-order valence-electron chi connectivity index (χ4n) is 3.34. The van der Waals surface area contributed by atoms with E-state index in [2.05, 4.69) is 20.5 Å². The Bertz CT molecular complexity index is 620. The molecule has 2 unspecified atom stereocenters. The number of carbonyl (C=O) groups excluding carboxylic acids is 1. The molecule has 2 aromatic rings. The van der Waals surface area contributed by atoms with Gasteiger partial charge in [0, 0.05) is 31.5 Å². The number of furan rings is 1. The van der Waals surface area contributed by atoms with Crippen LogP contribution in [0, 0.1) is 0 Å². The summed E-state index contributed by atoms with van der Waals surface area (Å²) < 4.78 is 7.56. The van der Waals surface area contributed by atoms with Crippen LogP contribution in [0.2, 0.25) is 0 Å². The van der Waals surface area contributed by atoms with Crippen molar-refractivity contribution in [2.24, 2.45) is 0 Å². The number of hydrogen-bond acceptors (Lipinski definition) is 4. The lowest BCUT2D eigenvalue weighted by atomic mass is 10.1. The summed E-state index contributed by atoms with van der Waals surface area (Å²) in [5.41, 5.74) is 0. The van der Waals surface area contributed by atoms with Crippen LogP contribution in [-0.2, 0) is 6.54 Å². The van der Waals surface area contributed by atoms with Crippen LogP contribution in [0.5, 0.6) is 0 Å². The summed E-state index contributed by atoms with van der Waals surface area (Å²) in [5.74, 6) is 0.911. The molecule has 2 amide bonds. The zero-order chi connectivity index (χ0) is 17.5. The Balaban J connectivity index is 1.50. The Hall–Kier alpha value is -2.28. The smallest absolute Gasteiger partial charge is 0.315 e. The largest absolute Gasteiger partial charge is 0.468 e. The third kappa shape index (κ3) is 5.09. The number of hydrogen-bond donors (Lipinski definition) is 2. The van der Waals surface area contributed by atoms with Gasteiger partial charge in [0.2, 0.25) is 0 Å². The predicted molar refractivity (Wildman–Crippen MR) is 95.1 cm³/mol. The van der Waals surface area contributed by atoms with E-state index in [1.807, 2.05) is 29.8 Å². The number of imidazole rings is 1. The van der Waals surface area contributed by atoms with Crippen LogP contribution in [0.3, 0.4) is 0 Å². The summed E-state index contributed by atoms with van der Waals surface area (Å²) in [4.78, 5) is 18.7. The molecule has 0 bridgehead atoms. The molecule has 3 heterocycles. The van der Waals surface area contributed by atoms with Gasteiger partial charge in [0.05, 0.1) is 18.6 Å². The quantitative estimate of drug-likeness (QED) is 0.808. The summed E-state index contributed by atoms with van der Waals surface area (Å²) >= 11 is 0. The molecule has 7 nitrogen and oxygen atoms in total. The van der Waals surface area contributed by atoms with Gasteiger partial charge in [-0.3, -0.25) is 4.90 Å². The molecular formula is C18H27N5O2. The van der Waals surface area contributed by atoms with E-state index in [1.54, 1.807) is 18.8 Å². The van der Waals surface area contributed by atoms with Gasteiger partial charge in [0.1, 0.15) is 5.76 Å². The maximum atomic E-state index is 12.2. The SMILES string of the molecule is CC(Cn1ccnc1)NC(=O)NCC(c1ccco1)N1CCCCC1. The summed E-state index contributed by atoms with van der Waals surface area (Å²) in [7, 11) is 0. The van der Waals surface area contributed by atoms with E-state index in [1.165, 1.54) is 19.3 Å². The van der Waals surface area contributed by atoms with E-state index in [4.69, 9.17) is 4.42 Å². The Morgan fingerprint density at radius 3 is 2.88 bits per heavy atom. The lowest BCUT2D eigenvalue weighted by Gasteiger charge is -2.33. The number of aromatic nitrogens is 2. The van der Waals surface area contributed by atoms with Crippen molar-refractivity contribution in [2.45, 2.75) is 44.8 Å². The maximum absolute atomic E-state index is 12.2. The van der Waals surface area contributed by atoms with E-state index in [-0.39, 0.29) is 18.1 Å². The third-order valence-electron chi connectivity index (χ3n) is 4.58. The highest BCUT2D eigenvalue weighted by Crippen LogP contribution is 2.24. The average Bonchev–Trinajstić information content (AvgIpc) is 3.30. The number of likely N-dealkylation sites (tertiary alicyclic amines) is 1. The Kier molecular flexibility index (Phi) is 6.11. The van der Waals surface area contributed by atoms with Gasteiger partial charge in [-0.1, -0.05) is 6.42 Å². The minimum atomic E-state index is -0.152. The molecular weight excluding hydrogens is 318 g/mol. The highest BCUT2D eigenvalue weighted by atomic mass is 16.3. The Labute approximate surface area is 148 Å². The highest BCUT2D eigenvalue weighted by molar-refractivity contribution is 5.74. The van der Waals surface area contributed by atoms with Crippen molar-refractivity contribution in [3.8, 4) is 0 Å². The fraction of sp³-hybridized carbons (Fsp3) is 0.556. The first kappa shape index (κ1) is 17.5. The van der Waals surface area contributed by atoms with E-state index >= 15 is 0 Å². The van der Waals surface area contributed by atoms with Crippen molar-refractivity contribution in [3.05, 3.63) is 42.9 Å². The molecule has 136 valence electrons. The van der Waals surface area contributed by atoms with Crippen LogP contribution in [0.1, 0.15) is 38.0 Å². The zero-order valence-electron chi connectivity index (χ0n) is 14.7. The lowest BCUT2D eigenvalue weighted by Crippen LogP contribution is -2.46. The molecule has 1 aliphatic rings. The highest BCUT2D eigenvalue weighted by Gasteiger charge is 2.25. The second-order valence-electron chi connectivity index (χ2n) is 6.64. The van der Waals surface area contributed by atoms with Crippen molar-refractivity contribution < 1.29 is 9.21 Å². The van der Waals surface area contributed by atoms with Crippen LogP contribution in [-0.4, -0.2) is 46.2 Å². The van der Waals surface area contributed by atoms with Crippen LogP contribution < -0.4 is 10.6 Å². The molecule has 0 spiro atoms. The molecule has 1 saturated heterocycles. The van der Waals surface area contributed by atoms with Crippen LogP contribution in [0.15, 0.2) is 41.5 Å². The van der Waals surface area contributed by atoms with Gasteiger partial charge in [-0.25, -0.2) is 9.78 Å². The average molecular weight is 345 g/mol. The van der Waals surface area contributed by atoms with Gasteiger partial charge in [0.15, 0.2) is 0 Å². The van der Waals surface area contributed by atoms with Gasteiger partial charge in [-0.2, -0.15) is 0 Å². The fourth-order valence-corrected chi connectivity index (χ4v) is 3.34. The molecule has 1 fully saturated rings. The Morgan fingerprint density at radius 1 is 1.36 bits per heavy atom. The molecule has 1 aliphatic heterocycles. The first-order valence-corrected chi connectivity index (χ1v) is 9.00. The minimum absolute atomic E-state index is 0.0197. The van der Waals surface area contributed by atoms with Gasteiger partial charge >= 0.3 is 6.03 Å². The molecule has 2 atom stereocenters. The normalized spacial score (nSPS) is 17.8. The van der Waals surface area contributed by atoms with Gasteiger partial charge < -0.3 is 19.6 Å². The van der Waals surface area contributed by atoms with Gasteiger partial charge in [0.25, 0.3) is 0 Å². The van der Waals surface area contributed by atoms with Crippen LogP contribution in [0.25, 0.3) is 0 Å². The van der Waals surface area contributed by atoms with Crippen molar-refractivity contribution in [3.63, 3.8) is 0 Å². The second-order valence-corrected chi connectivity index (χ2v) is 6.64. The van der Waals surface area contributed by atoms with Crippen molar-refractivity contribution in [1.29, 1.82) is 0 Å². The summed E-state index contributed by atoms with van der Waals surface area (Å²) in [6, 6.07) is 3.84. The van der Waals surface area contributed by atoms with E-state index in [0.29, 0.717) is 13.1 Å². The van der Waals surface area contributed by atoms with Gasteiger partial charge in [-0.15, -0.1) is 0 Å². The molecule has 0 aliphatic carbocycles. The molecule has 0 aromatic carbocycles. The number of amides is 2. The summed E-state index contributed by atoms with van der Waals surface area (Å²) in [5, 5.41) is 5.98. The monoisotopic (exact) mass is 345 g/mol. The van der Waals surface area contributed by atoms with Crippen molar-refractivity contribution in [1.82, 2.24) is 25.1 Å². The number of nitrogens with one attached hydrogen (secondary N) is 2. The molecule has 0 radical (unpaired) electrons. The molecule has 3 rings (SSSR count). The maximum Gasteiger partial charge on any atom is 0.315 e. The van der Waals surface area contributed by atoms with E-state index in [0.717, 1.165) is 18.8 Å². The molecule has 7 heteroatoms. The minimum Gasteiger partial charge on any atom is -0.468 e. The third-order valence-corrected chi connectivity index (χ3v) is 4.58. The number of piperidine rings is 1. The molecule has 2 aromatic heterocycles. The number of rotatable bonds is 7. The van der Waals surface area contributed by atoms with Crippen molar-refractivity contribution in [2.75, 3.05) is 19.6 Å². The molecule has 2 N–H and O–H groups in total. The van der Waals surface area contributed by atoms with Crippen LogP contribution >= 0.6 is 0 Å². The first-order valence-electron chi connectivity index (χ1n) is 9.00. The van der Waals surface area contributed by atoms with Crippen LogP contribution in [0.4, 0.5) is 4.79 Å². The predicted octanol–water partition coefficient (Wildman–Crippen LogP) is 2.39.